The summed E-state index contributed by atoms with van der Waals surface area (Å²) >= 11 is 0. The summed E-state index contributed by atoms with van der Waals surface area (Å²) in [5.41, 5.74) is 5.70. The van der Waals surface area contributed by atoms with Gasteiger partial charge in [-0.15, -0.1) is 0 Å². The number of pyridine rings is 1. The van der Waals surface area contributed by atoms with E-state index in [1.807, 2.05) is 0 Å². The third kappa shape index (κ3) is 5.48. The minimum absolute atomic E-state index is 0.0132. The van der Waals surface area contributed by atoms with Crippen molar-refractivity contribution in [2.75, 3.05) is 16.8 Å². The molecular formula is C28H28F3N7O3. The van der Waals surface area contributed by atoms with E-state index in [1.54, 1.807) is 18.3 Å². The lowest BCUT2D eigenvalue weighted by Crippen LogP contribution is -2.47. The Bertz CT molecular complexity index is 1460. The van der Waals surface area contributed by atoms with Gasteiger partial charge in [0.2, 0.25) is 11.9 Å². The molecule has 3 atom stereocenters. The van der Waals surface area contributed by atoms with Gasteiger partial charge in [-0.25, -0.2) is 4.98 Å². The van der Waals surface area contributed by atoms with Gasteiger partial charge in [0.15, 0.2) is 0 Å². The Balaban J connectivity index is 1.24. The summed E-state index contributed by atoms with van der Waals surface area (Å²) in [6, 6.07) is 7.82. The third-order valence-electron chi connectivity index (χ3n) is 7.83. The number of benzene rings is 1. The van der Waals surface area contributed by atoms with E-state index in [9.17, 15) is 22.8 Å². The van der Waals surface area contributed by atoms with Crippen LogP contribution in [-0.2, 0) is 11.0 Å². The van der Waals surface area contributed by atoms with E-state index in [2.05, 4.69) is 30.5 Å². The number of nitrogens with one attached hydrogen (secondary N) is 2. The number of hydrogen-bond donors (Lipinski definition) is 3. The van der Waals surface area contributed by atoms with E-state index in [0.717, 1.165) is 25.0 Å². The van der Waals surface area contributed by atoms with Crippen molar-refractivity contribution in [1.82, 2.24) is 20.3 Å². The lowest BCUT2D eigenvalue weighted by molar-refractivity contribution is -0.137. The summed E-state index contributed by atoms with van der Waals surface area (Å²) in [6.45, 7) is 0.552. The van der Waals surface area contributed by atoms with Crippen LogP contribution in [-0.4, -0.2) is 57.5 Å². The molecule has 41 heavy (non-hydrogen) atoms. The number of alkyl halides is 3. The molecule has 2 amide bonds. The monoisotopic (exact) mass is 567 g/mol. The first kappa shape index (κ1) is 26.8. The molecule has 4 N–H and O–H groups in total. The summed E-state index contributed by atoms with van der Waals surface area (Å²) in [7, 11) is 0. The molecule has 3 saturated heterocycles. The van der Waals surface area contributed by atoms with Gasteiger partial charge in [-0.2, -0.15) is 18.2 Å². The van der Waals surface area contributed by atoms with Crippen molar-refractivity contribution in [3.63, 3.8) is 0 Å². The van der Waals surface area contributed by atoms with Crippen LogP contribution in [0, 0.1) is 0 Å². The Morgan fingerprint density at radius 3 is 2.51 bits per heavy atom. The van der Waals surface area contributed by atoms with E-state index in [4.69, 9.17) is 10.5 Å². The first-order valence-corrected chi connectivity index (χ1v) is 13.5. The van der Waals surface area contributed by atoms with Crippen LogP contribution in [0.5, 0.6) is 5.75 Å². The van der Waals surface area contributed by atoms with Gasteiger partial charge < -0.3 is 26.0 Å². The van der Waals surface area contributed by atoms with Crippen LogP contribution in [0.15, 0.2) is 48.8 Å². The third-order valence-corrected chi connectivity index (χ3v) is 7.83. The molecule has 1 aromatic carbocycles. The molecule has 0 spiro atoms. The summed E-state index contributed by atoms with van der Waals surface area (Å²) in [5.74, 6) is 0.200. The highest BCUT2D eigenvalue weighted by atomic mass is 19.4. The summed E-state index contributed by atoms with van der Waals surface area (Å²) in [4.78, 5) is 39.3. The molecule has 3 fully saturated rings. The van der Waals surface area contributed by atoms with Gasteiger partial charge in [-0.3, -0.25) is 14.6 Å². The molecule has 10 nitrogen and oxygen atoms in total. The number of amides is 2. The number of carbonyl (C=O) groups is 2. The molecule has 0 aliphatic carbocycles. The maximum atomic E-state index is 13.5. The Kier molecular flexibility index (Phi) is 6.88. The largest absolute Gasteiger partial charge is 0.490 e. The zero-order valence-corrected chi connectivity index (χ0v) is 21.9. The molecule has 3 unspecified atom stereocenters. The number of halogens is 3. The molecule has 3 aliphatic heterocycles. The number of fused-ring (bicyclic) bond motifs is 2. The first-order chi connectivity index (χ1) is 19.7. The van der Waals surface area contributed by atoms with Crippen molar-refractivity contribution in [3.05, 3.63) is 60.0 Å². The predicted molar refractivity (Wildman–Crippen MR) is 143 cm³/mol. The van der Waals surface area contributed by atoms with Crippen LogP contribution in [0.25, 0.3) is 11.1 Å². The van der Waals surface area contributed by atoms with Crippen molar-refractivity contribution in [1.29, 1.82) is 0 Å². The Hall–Kier alpha value is -4.42. The van der Waals surface area contributed by atoms with Crippen molar-refractivity contribution in [2.45, 2.75) is 62.5 Å². The second-order valence-electron chi connectivity index (χ2n) is 10.5. The average molecular weight is 568 g/mol. The second kappa shape index (κ2) is 10.5. The number of primary amides is 1. The van der Waals surface area contributed by atoms with Crippen LogP contribution >= 0.6 is 0 Å². The Morgan fingerprint density at radius 1 is 1.10 bits per heavy atom. The van der Waals surface area contributed by atoms with E-state index in [0.29, 0.717) is 54.4 Å². The van der Waals surface area contributed by atoms with Gasteiger partial charge >= 0.3 is 6.18 Å². The van der Waals surface area contributed by atoms with E-state index in [1.165, 1.54) is 18.3 Å². The van der Waals surface area contributed by atoms with Gasteiger partial charge in [0, 0.05) is 61.1 Å². The van der Waals surface area contributed by atoms with Gasteiger partial charge in [0.25, 0.3) is 5.91 Å². The first-order valence-electron chi connectivity index (χ1n) is 13.5. The SMILES string of the molecule is NC(=O)c1cc(NC2CCNC2=O)nc(N2C3CCC2CC(Oc2ccc(C(F)(F)F)cc2-c2cccnc2)C3)n1. The fourth-order valence-electron chi connectivity index (χ4n) is 5.95. The maximum Gasteiger partial charge on any atom is 0.416 e. The molecular weight excluding hydrogens is 539 g/mol. The molecule has 13 heteroatoms. The molecule has 2 bridgehead atoms. The number of ether oxygens (including phenoxy) is 1. The molecule has 0 saturated carbocycles. The molecule has 5 heterocycles. The number of nitrogens with zero attached hydrogens (tertiary/aromatic N) is 4. The Labute approximate surface area is 233 Å². The average Bonchev–Trinajstić information content (AvgIpc) is 3.47. The lowest BCUT2D eigenvalue weighted by Gasteiger charge is -2.39. The molecule has 6 rings (SSSR count). The molecule has 3 aliphatic rings. The van der Waals surface area contributed by atoms with Gasteiger partial charge in [-0.1, -0.05) is 6.07 Å². The fourth-order valence-corrected chi connectivity index (χ4v) is 5.95. The molecule has 214 valence electrons. The second-order valence-corrected chi connectivity index (χ2v) is 10.5. The topological polar surface area (TPSA) is 135 Å². The van der Waals surface area contributed by atoms with Crippen LogP contribution < -0.4 is 26.0 Å². The highest BCUT2D eigenvalue weighted by molar-refractivity contribution is 5.92. The number of rotatable bonds is 7. The van der Waals surface area contributed by atoms with Crippen LogP contribution in [0.1, 0.15) is 48.2 Å². The quantitative estimate of drug-likeness (QED) is 0.395. The van der Waals surface area contributed by atoms with E-state index in [-0.39, 0.29) is 29.8 Å². The number of carbonyl (C=O) groups excluding carboxylic acids is 2. The van der Waals surface area contributed by atoms with Crippen LogP contribution in [0.4, 0.5) is 24.9 Å². The predicted octanol–water partition coefficient (Wildman–Crippen LogP) is 3.54. The van der Waals surface area contributed by atoms with E-state index >= 15 is 0 Å². The van der Waals surface area contributed by atoms with Gasteiger partial charge in [-0.05, 0) is 43.5 Å². The van der Waals surface area contributed by atoms with Crippen molar-refractivity contribution in [3.8, 4) is 16.9 Å². The number of piperidine rings is 1. The number of nitrogens with two attached hydrogens (primary N) is 1. The summed E-state index contributed by atoms with van der Waals surface area (Å²) in [5, 5.41) is 5.85. The number of hydrogen-bond acceptors (Lipinski definition) is 8. The normalized spacial score (nSPS) is 23.8. The minimum Gasteiger partial charge on any atom is -0.490 e. The zero-order chi connectivity index (χ0) is 28.7. The standard InChI is InChI=1S/C28H28F3N7O3/c29-28(30,31)16-3-6-23(20(10-16)15-2-1-8-33-14-15)41-19-11-17-4-5-18(12-19)38(17)27-36-22(25(32)39)13-24(37-27)35-21-7-9-34-26(21)40/h1-3,6,8,10,13-14,17-19,21H,4-5,7,9,11-12H2,(H2,32,39)(H,34,40)(H,35,36,37). The van der Waals surface area contributed by atoms with Crippen molar-refractivity contribution < 1.29 is 27.5 Å². The number of anilines is 2. The zero-order valence-electron chi connectivity index (χ0n) is 21.9. The molecule has 3 aromatic rings. The molecule has 2 aromatic heterocycles. The van der Waals surface area contributed by atoms with Crippen LogP contribution in [0.2, 0.25) is 0 Å². The summed E-state index contributed by atoms with van der Waals surface area (Å²) < 4.78 is 46.9. The fraction of sp³-hybridized carbons (Fsp3) is 0.393. The smallest absolute Gasteiger partial charge is 0.416 e. The maximum absolute atomic E-state index is 13.5. The van der Waals surface area contributed by atoms with Crippen molar-refractivity contribution >= 4 is 23.6 Å². The van der Waals surface area contributed by atoms with Gasteiger partial charge in [0.05, 0.1) is 5.56 Å². The lowest BCUT2D eigenvalue weighted by atomic mass is 9.99. The molecule has 0 radical (unpaired) electrons. The number of aromatic nitrogens is 3. The van der Waals surface area contributed by atoms with Crippen molar-refractivity contribution in [2.24, 2.45) is 5.73 Å². The van der Waals surface area contributed by atoms with E-state index < -0.39 is 23.7 Å². The highest BCUT2D eigenvalue weighted by Crippen LogP contribution is 2.42. The van der Waals surface area contributed by atoms with Crippen LogP contribution in [0.3, 0.4) is 0 Å². The van der Waals surface area contributed by atoms with Gasteiger partial charge in [0.1, 0.15) is 29.4 Å². The minimum atomic E-state index is -4.49. The Morgan fingerprint density at radius 2 is 1.88 bits per heavy atom. The summed E-state index contributed by atoms with van der Waals surface area (Å²) in [6.07, 6.45) is 1.76. The highest BCUT2D eigenvalue weighted by Gasteiger charge is 2.43.